The van der Waals surface area contributed by atoms with Gasteiger partial charge in [-0.2, -0.15) is 0 Å². The zero-order valence-corrected chi connectivity index (χ0v) is 18.8. The van der Waals surface area contributed by atoms with Crippen molar-refractivity contribution in [1.82, 2.24) is 0 Å². The van der Waals surface area contributed by atoms with Crippen LogP contribution in [-0.2, 0) is 14.3 Å². The Balaban J connectivity index is -0.00000104. The molecule has 0 amide bonds. The van der Waals surface area contributed by atoms with Crippen molar-refractivity contribution >= 4 is 35.0 Å². The van der Waals surface area contributed by atoms with Gasteiger partial charge < -0.3 is 17.8 Å². The first kappa shape index (κ1) is 29.0. The molecular formula is C21H42MgO5. The van der Waals surface area contributed by atoms with Gasteiger partial charge in [-0.25, -0.2) is 4.79 Å². The summed E-state index contributed by atoms with van der Waals surface area (Å²) in [6.45, 7) is 1.52. The van der Waals surface area contributed by atoms with E-state index in [2.05, 4.69) is 11.7 Å². The number of rotatable bonds is 18. The van der Waals surface area contributed by atoms with E-state index in [1.807, 2.05) is 0 Å². The van der Waals surface area contributed by atoms with Crippen LogP contribution >= 0.6 is 0 Å². The summed E-state index contributed by atoms with van der Waals surface area (Å²) in [6, 6.07) is 0. The number of carbonyl (C=O) groups excluding carboxylic acids is 2. The molecule has 0 aromatic rings. The Labute approximate surface area is 184 Å². The molecule has 1 atom stereocenters. The molecule has 0 aliphatic rings. The molecule has 0 aromatic carbocycles. The predicted octanol–water partition coefficient (Wildman–Crippen LogP) is 4.52. The minimum atomic E-state index is -1.62. The summed E-state index contributed by atoms with van der Waals surface area (Å²) >= 11 is 0. The third kappa shape index (κ3) is 20.4. The molecule has 0 fully saturated rings. The average Bonchev–Trinajstić information content (AvgIpc) is 2.64. The quantitative estimate of drug-likeness (QED) is 0.153. The average molecular weight is 399 g/mol. The third-order valence-electron chi connectivity index (χ3n) is 4.64. The van der Waals surface area contributed by atoms with E-state index in [0.29, 0.717) is 6.42 Å². The summed E-state index contributed by atoms with van der Waals surface area (Å²) in [6.07, 6.45) is 17.4. The van der Waals surface area contributed by atoms with Crippen LogP contribution < -0.4 is 0 Å². The van der Waals surface area contributed by atoms with E-state index in [0.717, 1.165) is 12.8 Å². The van der Waals surface area contributed by atoms with Crippen LogP contribution in [-0.4, -0.2) is 57.9 Å². The van der Waals surface area contributed by atoms with E-state index in [1.165, 1.54) is 77.0 Å². The molecule has 0 aromatic heterocycles. The van der Waals surface area contributed by atoms with Gasteiger partial charge in [0.05, 0.1) is 6.61 Å². The zero-order chi connectivity index (χ0) is 19.5. The van der Waals surface area contributed by atoms with Gasteiger partial charge >= 0.3 is 35.0 Å². The van der Waals surface area contributed by atoms with Gasteiger partial charge in [-0.15, -0.1) is 0 Å². The van der Waals surface area contributed by atoms with Crippen molar-refractivity contribution in [2.75, 3.05) is 6.61 Å². The van der Waals surface area contributed by atoms with Crippen LogP contribution in [0.15, 0.2) is 0 Å². The zero-order valence-electron chi connectivity index (χ0n) is 19.4. The maximum atomic E-state index is 11.4. The fourth-order valence-electron chi connectivity index (χ4n) is 2.95. The molecule has 0 aliphatic carbocycles. The molecule has 5 nitrogen and oxygen atoms in total. The van der Waals surface area contributed by atoms with Crippen molar-refractivity contribution < 1.29 is 27.4 Å². The fraction of sp³-hybridized carbons (Fsp3) is 0.905. The first-order chi connectivity index (χ1) is 12.6. The van der Waals surface area contributed by atoms with Crippen molar-refractivity contribution in [3.63, 3.8) is 0 Å². The van der Waals surface area contributed by atoms with Crippen LogP contribution in [0.5, 0.6) is 0 Å². The first-order valence-electron chi connectivity index (χ1n) is 10.6. The molecule has 158 valence electrons. The Hall–Kier alpha value is -0.174. The number of aliphatic hydroxyl groups is 2. The molecule has 0 radical (unpaired) electrons. The summed E-state index contributed by atoms with van der Waals surface area (Å²) in [7, 11) is 0. The topological polar surface area (TPSA) is 83.8 Å². The van der Waals surface area contributed by atoms with Gasteiger partial charge in [0.1, 0.15) is 0 Å². The van der Waals surface area contributed by atoms with E-state index in [4.69, 9.17) is 10.2 Å². The molecular weight excluding hydrogens is 357 g/mol. The number of esters is 2. The summed E-state index contributed by atoms with van der Waals surface area (Å²) in [4.78, 5) is 22.5. The van der Waals surface area contributed by atoms with Crippen LogP contribution in [0, 0.1) is 0 Å². The van der Waals surface area contributed by atoms with Crippen LogP contribution in [0.2, 0.25) is 0 Å². The van der Waals surface area contributed by atoms with E-state index in [1.54, 1.807) is 0 Å². The Morgan fingerprint density at radius 2 is 1.15 bits per heavy atom. The van der Waals surface area contributed by atoms with Gasteiger partial charge in [0, 0.05) is 6.42 Å². The van der Waals surface area contributed by atoms with Gasteiger partial charge in [-0.05, 0) is 6.42 Å². The normalized spacial score (nSPS) is 11.7. The van der Waals surface area contributed by atoms with Crippen LogP contribution in [0.3, 0.4) is 0 Å². The molecule has 0 saturated heterocycles. The van der Waals surface area contributed by atoms with E-state index < -0.39 is 24.6 Å². The summed E-state index contributed by atoms with van der Waals surface area (Å²) in [5, 5.41) is 17.6. The summed E-state index contributed by atoms with van der Waals surface area (Å²) in [5.41, 5.74) is 0. The molecule has 2 N–H and O–H groups in total. The molecule has 27 heavy (non-hydrogen) atoms. The van der Waals surface area contributed by atoms with E-state index in [9.17, 15) is 9.59 Å². The van der Waals surface area contributed by atoms with Gasteiger partial charge in [-0.3, -0.25) is 4.79 Å². The predicted molar refractivity (Wildman–Crippen MR) is 112 cm³/mol. The van der Waals surface area contributed by atoms with Crippen molar-refractivity contribution in [3.05, 3.63) is 0 Å². The van der Waals surface area contributed by atoms with Gasteiger partial charge in [0.2, 0.25) is 0 Å². The minimum absolute atomic E-state index is 0. The number of carbonyl (C=O) groups is 2. The smallest absolute Gasteiger partial charge is 1.00 e. The molecule has 0 spiro atoms. The van der Waals surface area contributed by atoms with Crippen molar-refractivity contribution in [3.8, 4) is 0 Å². The fourth-order valence-corrected chi connectivity index (χ4v) is 2.95. The van der Waals surface area contributed by atoms with Crippen LogP contribution in [0.4, 0.5) is 0 Å². The molecule has 0 bridgehead atoms. The van der Waals surface area contributed by atoms with Crippen molar-refractivity contribution in [2.45, 2.75) is 116 Å². The second-order valence-electron chi connectivity index (χ2n) is 7.19. The second-order valence-corrected chi connectivity index (χ2v) is 7.19. The first-order valence-corrected chi connectivity index (χ1v) is 10.6. The number of hydrogen-bond donors (Lipinski definition) is 2. The van der Waals surface area contributed by atoms with Gasteiger partial charge in [-0.1, -0.05) is 96.8 Å². The SMILES string of the molecule is CCCCCCCCCCCCCCCCCC(=O)OC(=O)C(O)CO.[H-].[H-].[Mg+2]. The minimum Gasteiger partial charge on any atom is -1.00 e. The van der Waals surface area contributed by atoms with Crippen LogP contribution in [0.1, 0.15) is 113 Å². The summed E-state index contributed by atoms with van der Waals surface area (Å²) in [5.74, 6) is -1.70. The Bertz CT molecular complexity index is 360. The Kier molecular flexibility index (Phi) is 23.8. The third-order valence-corrected chi connectivity index (χ3v) is 4.64. The van der Waals surface area contributed by atoms with Crippen molar-refractivity contribution in [1.29, 1.82) is 0 Å². The molecule has 0 aliphatic heterocycles. The molecule has 0 saturated carbocycles. The van der Waals surface area contributed by atoms with Gasteiger partial charge in [0.25, 0.3) is 0 Å². The maximum Gasteiger partial charge on any atom is 2.00 e. The Morgan fingerprint density at radius 3 is 1.52 bits per heavy atom. The van der Waals surface area contributed by atoms with Crippen molar-refractivity contribution in [2.24, 2.45) is 0 Å². The molecule has 1 unspecified atom stereocenters. The van der Waals surface area contributed by atoms with E-state index in [-0.39, 0.29) is 32.3 Å². The maximum absolute atomic E-state index is 11.4. The number of hydrogen-bond acceptors (Lipinski definition) is 5. The molecule has 0 heterocycles. The van der Waals surface area contributed by atoms with Gasteiger partial charge in [0.15, 0.2) is 6.10 Å². The largest absolute Gasteiger partial charge is 2.00 e. The number of ether oxygens (including phenoxy) is 1. The molecule has 6 heteroatoms. The number of unbranched alkanes of at least 4 members (excludes halogenated alkanes) is 14. The summed E-state index contributed by atoms with van der Waals surface area (Å²) < 4.78 is 4.43. The standard InChI is InChI=1S/C21H40O5.Mg.2H/c1-2-3-4-5-6-7-8-9-10-11-12-13-14-15-16-17-20(24)26-21(25)19(23)18-22;;;/h19,22-23H,2-18H2,1H3;;;/q;+2;2*-1. The molecule has 0 rings (SSSR count). The second kappa shape index (κ2) is 22.1. The number of aliphatic hydroxyl groups excluding tert-OH is 2. The Morgan fingerprint density at radius 1 is 0.778 bits per heavy atom. The van der Waals surface area contributed by atoms with Crippen LogP contribution in [0.25, 0.3) is 0 Å². The van der Waals surface area contributed by atoms with E-state index >= 15 is 0 Å². The monoisotopic (exact) mass is 398 g/mol.